The maximum atomic E-state index is 12.9. The van der Waals surface area contributed by atoms with Crippen molar-refractivity contribution in [1.29, 1.82) is 0 Å². The highest BCUT2D eigenvalue weighted by Gasteiger charge is 2.28. The zero-order valence-electron chi connectivity index (χ0n) is 17.2. The van der Waals surface area contributed by atoms with Gasteiger partial charge in [-0.2, -0.15) is 4.31 Å². The Bertz CT molecular complexity index is 1260. The minimum atomic E-state index is -3.58. The number of fused-ring (bicyclic) bond motifs is 1. The Morgan fingerprint density at radius 2 is 1.71 bits per heavy atom. The summed E-state index contributed by atoms with van der Waals surface area (Å²) in [5.41, 5.74) is 0.909. The van der Waals surface area contributed by atoms with Gasteiger partial charge in [-0.1, -0.05) is 25.1 Å². The molecule has 3 aromatic rings. The van der Waals surface area contributed by atoms with Crippen LogP contribution in [-0.2, 0) is 10.0 Å². The number of piperazine rings is 1. The number of H-pyrrole nitrogens is 1. The third-order valence-corrected chi connectivity index (χ3v) is 7.44. The molecule has 0 saturated carbocycles. The first-order valence-corrected chi connectivity index (χ1v) is 11.6. The molecule has 0 bridgehead atoms. The average Bonchev–Trinajstić information content (AvgIpc) is 2.78. The highest BCUT2D eigenvalue weighted by Crippen LogP contribution is 2.21. The van der Waals surface area contributed by atoms with E-state index in [1.54, 1.807) is 36.4 Å². The van der Waals surface area contributed by atoms with Crippen LogP contribution >= 0.6 is 0 Å². The Hall–Kier alpha value is -3.01. The number of aromatic nitrogens is 1. The number of benzene rings is 2. The number of nitrogens with one attached hydrogen (secondary N) is 2. The zero-order valence-corrected chi connectivity index (χ0v) is 18.0. The molecule has 2 aromatic carbocycles. The molecule has 0 radical (unpaired) electrons. The summed E-state index contributed by atoms with van der Waals surface area (Å²) in [6, 6.07) is 14.4. The first-order valence-electron chi connectivity index (χ1n) is 10.1. The molecular weight excluding hydrogens is 416 g/mol. The third kappa shape index (κ3) is 4.39. The minimum absolute atomic E-state index is 0.192. The number of likely N-dealkylation sites (N-methyl/N-ethyl adjacent to an activating group) is 1. The van der Waals surface area contributed by atoms with Crippen LogP contribution in [0, 0.1) is 0 Å². The molecule has 31 heavy (non-hydrogen) atoms. The molecule has 1 aliphatic heterocycles. The fraction of sp³-hybridized carbons (Fsp3) is 0.273. The molecule has 2 heterocycles. The summed E-state index contributed by atoms with van der Waals surface area (Å²) in [7, 11) is -3.58. The molecule has 0 atom stereocenters. The Balaban J connectivity index is 1.52. The van der Waals surface area contributed by atoms with E-state index in [1.807, 2.05) is 0 Å². The quantitative estimate of drug-likeness (QED) is 0.633. The van der Waals surface area contributed by atoms with E-state index in [0.29, 0.717) is 42.8 Å². The second-order valence-electron chi connectivity index (χ2n) is 7.41. The van der Waals surface area contributed by atoms with Crippen molar-refractivity contribution in [3.8, 4) is 0 Å². The number of sulfonamides is 1. The maximum absolute atomic E-state index is 12.9. The second kappa shape index (κ2) is 8.62. The van der Waals surface area contributed by atoms with Gasteiger partial charge in [-0.25, -0.2) is 8.42 Å². The standard InChI is InChI=1S/C22H24N4O4S/c1-2-25-11-13-26(14-12-25)31(29,30)17-9-7-16(8-10-17)23-22(28)19-15-21(27)24-20-6-4-3-5-18(19)20/h3-10,15H,2,11-14H2,1H3,(H,23,28)(H,24,27). The molecular formula is C22H24N4O4S. The van der Waals surface area contributed by atoms with E-state index >= 15 is 0 Å². The highest BCUT2D eigenvalue weighted by atomic mass is 32.2. The number of nitrogens with zero attached hydrogens (tertiary/aromatic N) is 2. The van der Waals surface area contributed by atoms with Crippen molar-refractivity contribution >= 4 is 32.5 Å². The van der Waals surface area contributed by atoms with E-state index in [1.165, 1.54) is 22.5 Å². The third-order valence-electron chi connectivity index (χ3n) is 5.52. The lowest BCUT2D eigenvalue weighted by molar-refractivity contribution is 0.102. The topological polar surface area (TPSA) is 103 Å². The summed E-state index contributed by atoms with van der Waals surface area (Å²) in [6.45, 7) is 5.33. The smallest absolute Gasteiger partial charge is 0.256 e. The van der Waals surface area contributed by atoms with Gasteiger partial charge >= 0.3 is 0 Å². The minimum Gasteiger partial charge on any atom is -0.322 e. The number of amides is 1. The second-order valence-corrected chi connectivity index (χ2v) is 9.35. The van der Waals surface area contributed by atoms with Crippen LogP contribution < -0.4 is 10.9 Å². The molecule has 1 fully saturated rings. The van der Waals surface area contributed by atoms with Crippen LogP contribution in [0.25, 0.3) is 10.9 Å². The summed E-state index contributed by atoms with van der Waals surface area (Å²) < 4.78 is 27.3. The lowest BCUT2D eigenvalue weighted by Gasteiger charge is -2.33. The van der Waals surface area contributed by atoms with Gasteiger partial charge in [0, 0.05) is 48.8 Å². The van der Waals surface area contributed by atoms with Crippen molar-refractivity contribution in [2.75, 3.05) is 38.0 Å². The number of pyridine rings is 1. The fourth-order valence-corrected chi connectivity index (χ4v) is 5.16. The molecule has 1 aromatic heterocycles. The summed E-state index contributed by atoms with van der Waals surface area (Å²) in [4.78, 5) is 29.8. The van der Waals surface area contributed by atoms with Crippen LogP contribution in [0.4, 0.5) is 5.69 Å². The summed E-state index contributed by atoms with van der Waals surface area (Å²) in [5, 5.41) is 3.37. The van der Waals surface area contributed by atoms with E-state index in [0.717, 1.165) is 6.54 Å². The van der Waals surface area contributed by atoms with Gasteiger partial charge in [0.25, 0.3) is 5.91 Å². The summed E-state index contributed by atoms with van der Waals surface area (Å²) in [5.74, 6) is -0.436. The van der Waals surface area contributed by atoms with E-state index < -0.39 is 15.9 Å². The first kappa shape index (κ1) is 21.2. The monoisotopic (exact) mass is 440 g/mol. The van der Waals surface area contributed by atoms with Gasteiger partial charge in [0.2, 0.25) is 15.6 Å². The SMILES string of the molecule is CCN1CCN(S(=O)(=O)c2ccc(NC(=O)c3cc(=O)[nH]c4ccccc34)cc2)CC1. The Morgan fingerprint density at radius 3 is 2.39 bits per heavy atom. The van der Waals surface area contributed by atoms with E-state index in [-0.39, 0.29) is 16.0 Å². The number of carbonyl (C=O) groups is 1. The van der Waals surface area contributed by atoms with Crippen molar-refractivity contribution in [1.82, 2.24) is 14.2 Å². The molecule has 0 aliphatic carbocycles. The molecule has 8 nitrogen and oxygen atoms in total. The Morgan fingerprint density at radius 1 is 1.03 bits per heavy atom. The van der Waals surface area contributed by atoms with Crippen LogP contribution in [0.15, 0.2) is 64.3 Å². The van der Waals surface area contributed by atoms with Gasteiger partial charge in [0.15, 0.2) is 0 Å². The molecule has 4 rings (SSSR count). The predicted molar refractivity (Wildman–Crippen MR) is 120 cm³/mol. The van der Waals surface area contributed by atoms with Crippen LogP contribution in [-0.4, -0.2) is 61.2 Å². The Labute approximate surface area is 180 Å². The molecule has 0 spiro atoms. The number of para-hydroxylation sites is 1. The summed E-state index contributed by atoms with van der Waals surface area (Å²) >= 11 is 0. The van der Waals surface area contributed by atoms with Gasteiger partial charge in [0.05, 0.1) is 10.5 Å². The molecule has 162 valence electrons. The van der Waals surface area contributed by atoms with Crippen LogP contribution in [0.2, 0.25) is 0 Å². The molecule has 0 unspecified atom stereocenters. The van der Waals surface area contributed by atoms with Gasteiger partial charge in [-0.05, 0) is 36.9 Å². The zero-order chi connectivity index (χ0) is 22.0. The van der Waals surface area contributed by atoms with E-state index in [2.05, 4.69) is 22.1 Å². The molecule has 1 saturated heterocycles. The number of hydrogen-bond donors (Lipinski definition) is 2. The van der Waals surface area contributed by atoms with Crippen molar-refractivity contribution < 1.29 is 13.2 Å². The number of hydrogen-bond acceptors (Lipinski definition) is 5. The largest absolute Gasteiger partial charge is 0.322 e. The lowest BCUT2D eigenvalue weighted by atomic mass is 10.1. The van der Waals surface area contributed by atoms with Crippen LogP contribution in [0.3, 0.4) is 0 Å². The number of anilines is 1. The van der Waals surface area contributed by atoms with Crippen molar-refractivity contribution in [2.24, 2.45) is 0 Å². The van der Waals surface area contributed by atoms with Crippen LogP contribution in [0.1, 0.15) is 17.3 Å². The molecule has 1 amide bonds. The number of aromatic amines is 1. The molecule has 2 N–H and O–H groups in total. The van der Waals surface area contributed by atoms with E-state index in [4.69, 9.17) is 0 Å². The average molecular weight is 441 g/mol. The predicted octanol–water partition coefficient (Wildman–Crippen LogP) is 2.11. The van der Waals surface area contributed by atoms with Gasteiger partial charge in [0.1, 0.15) is 0 Å². The maximum Gasteiger partial charge on any atom is 0.256 e. The first-order chi connectivity index (χ1) is 14.9. The molecule has 9 heteroatoms. The molecule has 1 aliphatic rings. The normalized spacial score (nSPS) is 15.8. The van der Waals surface area contributed by atoms with Crippen molar-refractivity contribution in [2.45, 2.75) is 11.8 Å². The van der Waals surface area contributed by atoms with Gasteiger partial charge in [-0.15, -0.1) is 0 Å². The van der Waals surface area contributed by atoms with Crippen LogP contribution in [0.5, 0.6) is 0 Å². The van der Waals surface area contributed by atoms with Gasteiger partial charge in [-0.3, -0.25) is 9.59 Å². The lowest BCUT2D eigenvalue weighted by Crippen LogP contribution is -2.48. The highest BCUT2D eigenvalue weighted by molar-refractivity contribution is 7.89. The number of carbonyl (C=O) groups excluding carboxylic acids is 1. The summed E-state index contributed by atoms with van der Waals surface area (Å²) in [6.07, 6.45) is 0. The van der Waals surface area contributed by atoms with E-state index in [9.17, 15) is 18.0 Å². The number of rotatable bonds is 5. The Kier molecular flexibility index (Phi) is 5.90. The van der Waals surface area contributed by atoms with Gasteiger partial charge < -0.3 is 15.2 Å². The fourth-order valence-electron chi connectivity index (χ4n) is 3.74. The van der Waals surface area contributed by atoms with Crippen molar-refractivity contribution in [3.05, 3.63) is 70.5 Å². The van der Waals surface area contributed by atoms with Crippen molar-refractivity contribution in [3.63, 3.8) is 0 Å².